The molecule has 0 aliphatic rings. The van der Waals surface area contributed by atoms with Crippen LogP contribution in [0.5, 0.6) is 0 Å². The van der Waals surface area contributed by atoms with Crippen LogP contribution in [0.1, 0.15) is 0 Å². The van der Waals surface area contributed by atoms with Crippen LogP contribution in [0.4, 0.5) is 0 Å². The summed E-state index contributed by atoms with van der Waals surface area (Å²) >= 11 is 14.8. The van der Waals surface area contributed by atoms with Gasteiger partial charge < -0.3 is 0 Å². The zero-order chi connectivity index (χ0) is 14.1. The van der Waals surface area contributed by atoms with Crippen LogP contribution < -0.4 is 0 Å². The summed E-state index contributed by atoms with van der Waals surface area (Å²) in [4.78, 5) is 4.10. The molecule has 1 aromatic carbocycles. The largest absolute Gasteiger partial charge is 0.268 e. The molecule has 3 rings (SSSR count). The van der Waals surface area contributed by atoms with Gasteiger partial charge in [0.1, 0.15) is 0 Å². The Kier molecular flexibility index (Phi) is 3.69. The van der Waals surface area contributed by atoms with Crippen molar-refractivity contribution >= 4 is 39.7 Å². The zero-order valence-corrected chi connectivity index (χ0v) is 13.2. The Hall–Kier alpha value is -1.50. The van der Waals surface area contributed by atoms with Gasteiger partial charge in [-0.1, -0.05) is 11.6 Å². The average Bonchev–Trinajstić information content (AvgIpc) is 2.85. The molecule has 0 saturated carbocycles. The third kappa shape index (κ3) is 2.42. The number of aromatic amines is 1. The first-order valence-corrected chi connectivity index (χ1v) is 7.28. The molecule has 0 aliphatic heterocycles. The molecule has 0 saturated heterocycles. The predicted octanol–water partition coefficient (Wildman–Crippen LogP) is 4.41. The van der Waals surface area contributed by atoms with Gasteiger partial charge in [0.05, 0.1) is 10.7 Å². The van der Waals surface area contributed by atoms with Crippen molar-refractivity contribution in [1.82, 2.24) is 19.7 Å². The first-order valence-electron chi connectivity index (χ1n) is 5.70. The molecular weight excluding hydrogens is 360 g/mol. The minimum Gasteiger partial charge on any atom is -0.268 e. The van der Waals surface area contributed by atoms with Crippen molar-refractivity contribution in [3.8, 4) is 17.1 Å². The second kappa shape index (κ2) is 5.47. The molecule has 0 unspecified atom stereocenters. The number of nitrogens with zero attached hydrogens (tertiary/aromatic N) is 3. The molecule has 7 heteroatoms. The lowest BCUT2D eigenvalue weighted by Crippen LogP contribution is -1.98. The molecule has 0 amide bonds. The first-order chi connectivity index (χ1) is 9.66. The van der Waals surface area contributed by atoms with Crippen molar-refractivity contribution in [2.24, 2.45) is 0 Å². The van der Waals surface area contributed by atoms with Crippen molar-refractivity contribution in [3.63, 3.8) is 0 Å². The molecule has 0 spiro atoms. The Labute approximate surface area is 133 Å². The third-order valence-electron chi connectivity index (χ3n) is 2.75. The van der Waals surface area contributed by atoms with Crippen LogP contribution in [0, 0.1) is 4.77 Å². The summed E-state index contributed by atoms with van der Waals surface area (Å²) in [5.74, 6) is 0.696. The molecule has 3 aromatic rings. The van der Waals surface area contributed by atoms with E-state index < -0.39 is 0 Å². The molecule has 1 N–H and O–H groups in total. The molecule has 0 fully saturated rings. The second-order valence-electron chi connectivity index (χ2n) is 4.03. The SMILES string of the molecule is S=c1[nH]nc(-c2cccnc2)n1-c1ccc(Br)c(Cl)c1. The van der Waals surface area contributed by atoms with Crippen LogP contribution in [0.25, 0.3) is 17.1 Å². The number of hydrogen-bond donors (Lipinski definition) is 1. The van der Waals surface area contributed by atoms with Gasteiger partial charge in [0.25, 0.3) is 0 Å². The Morgan fingerprint density at radius 1 is 1.30 bits per heavy atom. The Morgan fingerprint density at radius 2 is 2.15 bits per heavy atom. The summed E-state index contributed by atoms with van der Waals surface area (Å²) in [7, 11) is 0. The quantitative estimate of drug-likeness (QED) is 0.683. The van der Waals surface area contributed by atoms with Gasteiger partial charge in [-0.2, -0.15) is 5.10 Å². The lowest BCUT2D eigenvalue weighted by Gasteiger charge is -2.07. The van der Waals surface area contributed by atoms with Crippen LogP contribution in [-0.4, -0.2) is 19.7 Å². The van der Waals surface area contributed by atoms with Crippen LogP contribution in [0.3, 0.4) is 0 Å². The highest BCUT2D eigenvalue weighted by Gasteiger charge is 2.11. The summed E-state index contributed by atoms with van der Waals surface area (Å²) in [6.07, 6.45) is 3.45. The van der Waals surface area contributed by atoms with Crippen LogP contribution in [0.15, 0.2) is 47.2 Å². The zero-order valence-electron chi connectivity index (χ0n) is 10.0. The summed E-state index contributed by atoms with van der Waals surface area (Å²) < 4.78 is 3.16. The fraction of sp³-hybridized carbons (Fsp3) is 0. The summed E-state index contributed by atoms with van der Waals surface area (Å²) in [6.45, 7) is 0. The Bertz CT molecular complexity index is 813. The highest BCUT2D eigenvalue weighted by atomic mass is 79.9. The van der Waals surface area contributed by atoms with Gasteiger partial charge in [-0.25, -0.2) is 0 Å². The Morgan fingerprint density at radius 3 is 2.85 bits per heavy atom. The van der Waals surface area contributed by atoms with Crippen molar-refractivity contribution < 1.29 is 0 Å². The number of hydrogen-bond acceptors (Lipinski definition) is 3. The van der Waals surface area contributed by atoms with Crippen molar-refractivity contribution in [2.75, 3.05) is 0 Å². The van der Waals surface area contributed by atoms with Gasteiger partial charge >= 0.3 is 0 Å². The van der Waals surface area contributed by atoms with Crippen molar-refractivity contribution in [1.29, 1.82) is 0 Å². The molecular formula is C13H8BrClN4S. The molecule has 2 aromatic heterocycles. The molecule has 0 radical (unpaired) electrons. The predicted molar refractivity (Wildman–Crippen MR) is 84.7 cm³/mol. The number of benzene rings is 1. The molecule has 4 nitrogen and oxygen atoms in total. The summed E-state index contributed by atoms with van der Waals surface area (Å²) in [5.41, 5.74) is 1.72. The van der Waals surface area contributed by atoms with E-state index in [1.165, 1.54) is 0 Å². The second-order valence-corrected chi connectivity index (χ2v) is 5.68. The highest BCUT2D eigenvalue weighted by Crippen LogP contribution is 2.27. The van der Waals surface area contributed by atoms with E-state index in [1.54, 1.807) is 12.4 Å². The van der Waals surface area contributed by atoms with Gasteiger partial charge in [0, 0.05) is 22.4 Å². The van der Waals surface area contributed by atoms with Crippen LogP contribution in [0.2, 0.25) is 5.02 Å². The van der Waals surface area contributed by atoms with E-state index in [0.29, 0.717) is 15.6 Å². The number of halogens is 2. The van der Waals surface area contributed by atoms with Gasteiger partial charge in [-0.05, 0) is 58.5 Å². The highest BCUT2D eigenvalue weighted by molar-refractivity contribution is 9.10. The molecule has 2 heterocycles. The summed E-state index contributed by atoms with van der Waals surface area (Å²) in [5, 5.41) is 7.68. The summed E-state index contributed by atoms with van der Waals surface area (Å²) in [6, 6.07) is 9.40. The van der Waals surface area contributed by atoms with Crippen LogP contribution >= 0.6 is 39.7 Å². The fourth-order valence-corrected chi connectivity index (χ4v) is 2.51. The minimum atomic E-state index is 0.502. The lowest BCUT2D eigenvalue weighted by atomic mass is 10.2. The molecule has 0 bridgehead atoms. The van der Waals surface area contributed by atoms with E-state index in [4.69, 9.17) is 23.8 Å². The maximum atomic E-state index is 6.14. The molecule has 100 valence electrons. The lowest BCUT2D eigenvalue weighted by molar-refractivity contribution is 1.03. The average molecular weight is 368 g/mol. The first kappa shape index (κ1) is 13.5. The Balaban J connectivity index is 2.22. The monoisotopic (exact) mass is 366 g/mol. The topological polar surface area (TPSA) is 46.5 Å². The van der Waals surface area contributed by atoms with Crippen molar-refractivity contribution in [3.05, 3.63) is 57.0 Å². The molecule has 20 heavy (non-hydrogen) atoms. The standard InChI is InChI=1S/C13H8BrClN4S/c14-10-4-3-9(6-11(10)15)19-12(17-18-13(19)20)8-2-1-5-16-7-8/h1-7H,(H,18,20). The third-order valence-corrected chi connectivity index (χ3v) is 4.26. The van der Waals surface area contributed by atoms with Gasteiger partial charge in [-0.15, -0.1) is 0 Å². The molecule has 0 atom stereocenters. The number of nitrogens with one attached hydrogen (secondary N) is 1. The minimum absolute atomic E-state index is 0.502. The number of aromatic nitrogens is 4. The maximum Gasteiger partial charge on any atom is 0.200 e. The smallest absolute Gasteiger partial charge is 0.200 e. The van der Waals surface area contributed by atoms with Gasteiger partial charge in [-0.3, -0.25) is 14.6 Å². The number of H-pyrrole nitrogens is 1. The van der Waals surface area contributed by atoms with E-state index >= 15 is 0 Å². The van der Waals surface area contributed by atoms with Crippen LogP contribution in [-0.2, 0) is 0 Å². The van der Waals surface area contributed by atoms with Gasteiger partial charge in [0.15, 0.2) is 10.6 Å². The normalized spacial score (nSPS) is 10.7. The van der Waals surface area contributed by atoms with E-state index in [0.717, 1.165) is 15.7 Å². The van der Waals surface area contributed by atoms with E-state index in [-0.39, 0.29) is 0 Å². The number of pyridine rings is 1. The maximum absolute atomic E-state index is 6.14. The van der Waals surface area contributed by atoms with E-state index in [2.05, 4.69) is 31.1 Å². The number of rotatable bonds is 2. The van der Waals surface area contributed by atoms with Crippen molar-refractivity contribution in [2.45, 2.75) is 0 Å². The molecule has 0 aliphatic carbocycles. The van der Waals surface area contributed by atoms with E-state index in [9.17, 15) is 0 Å². The van der Waals surface area contributed by atoms with E-state index in [1.807, 2.05) is 34.9 Å². The fourth-order valence-electron chi connectivity index (χ4n) is 1.85. The van der Waals surface area contributed by atoms with Gasteiger partial charge in [0.2, 0.25) is 0 Å².